The number of halogens is 1. The lowest BCUT2D eigenvalue weighted by molar-refractivity contribution is 0.178. The Labute approximate surface area is 129 Å². The first kappa shape index (κ1) is 17.5. The van der Waals surface area contributed by atoms with Gasteiger partial charge in [0, 0.05) is 24.2 Å². The van der Waals surface area contributed by atoms with Gasteiger partial charge in [-0.05, 0) is 37.1 Å². The standard InChI is InChI=1S/C17H29ClN2/c1-13(2)10-19-11-17(14(3)4)20(5)12-15-8-6-7-9-16(15)18/h6-9,13-14,17,19H,10-12H2,1-5H3. The van der Waals surface area contributed by atoms with Crippen LogP contribution in [0.3, 0.4) is 0 Å². The average molecular weight is 297 g/mol. The summed E-state index contributed by atoms with van der Waals surface area (Å²) in [6, 6.07) is 8.63. The number of benzene rings is 1. The Morgan fingerprint density at radius 1 is 1.10 bits per heavy atom. The molecule has 20 heavy (non-hydrogen) atoms. The molecule has 2 nitrogen and oxygen atoms in total. The van der Waals surface area contributed by atoms with Crippen LogP contribution in [0.2, 0.25) is 5.02 Å². The Morgan fingerprint density at radius 3 is 2.30 bits per heavy atom. The quantitative estimate of drug-likeness (QED) is 0.779. The van der Waals surface area contributed by atoms with Crippen molar-refractivity contribution in [3.8, 4) is 0 Å². The summed E-state index contributed by atoms with van der Waals surface area (Å²) < 4.78 is 0. The van der Waals surface area contributed by atoms with Crippen LogP contribution in [0.5, 0.6) is 0 Å². The van der Waals surface area contributed by atoms with Crippen LogP contribution in [0.1, 0.15) is 33.3 Å². The van der Waals surface area contributed by atoms with Gasteiger partial charge in [-0.3, -0.25) is 4.90 Å². The van der Waals surface area contributed by atoms with Crippen LogP contribution in [0.25, 0.3) is 0 Å². The Balaban J connectivity index is 2.60. The molecule has 1 aromatic carbocycles. The van der Waals surface area contributed by atoms with Crippen LogP contribution in [-0.4, -0.2) is 31.1 Å². The van der Waals surface area contributed by atoms with Crippen LogP contribution in [0, 0.1) is 11.8 Å². The molecule has 0 saturated carbocycles. The van der Waals surface area contributed by atoms with E-state index in [0.29, 0.717) is 17.9 Å². The van der Waals surface area contributed by atoms with Gasteiger partial charge in [-0.1, -0.05) is 57.5 Å². The fourth-order valence-corrected chi connectivity index (χ4v) is 2.63. The summed E-state index contributed by atoms with van der Waals surface area (Å²) in [5.74, 6) is 1.30. The number of rotatable bonds is 8. The molecule has 0 amide bonds. The van der Waals surface area contributed by atoms with Crippen molar-refractivity contribution in [2.24, 2.45) is 11.8 Å². The number of likely N-dealkylation sites (N-methyl/N-ethyl adjacent to an activating group) is 1. The highest BCUT2D eigenvalue weighted by Gasteiger charge is 2.19. The summed E-state index contributed by atoms with van der Waals surface area (Å²) in [6.45, 7) is 12.0. The number of nitrogens with zero attached hydrogens (tertiary/aromatic N) is 1. The first-order chi connectivity index (χ1) is 9.41. The summed E-state index contributed by atoms with van der Waals surface area (Å²) in [4.78, 5) is 2.40. The molecular formula is C17H29ClN2. The highest BCUT2D eigenvalue weighted by atomic mass is 35.5. The summed E-state index contributed by atoms with van der Waals surface area (Å²) in [5, 5.41) is 4.43. The first-order valence-corrected chi connectivity index (χ1v) is 7.94. The predicted octanol–water partition coefficient (Wildman–Crippen LogP) is 4.04. The minimum atomic E-state index is 0.519. The van der Waals surface area contributed by atoms with Gasteiger partial charge in [0.2, 0.25) is 0 Å². The molecular weight excluding hydrogens is 268 g/mol. The number of nitrogens with one attached hydrogen (secondary N) is 1. The monoisotopic (exact) mass is 296 g/mol. The Morgan fingerprint density at radius 2 is 1.75 bits per heavy atom. The van der Waals surface area contributed by atoms with Crippen molar-refractivity contribution in [2.75, 3.05) is 20.1 Å². The molecule has 0 aliphatic heterocycles. The number of hydrogen-bond acceptors (Lipinski definition) is 2. The topological polar surface area (TPSA) is 15.3 Å². The van der Waals surface area contributed by atoms with Crippen molar-refractivity contribution < 1.29 is 0 Å². The van der Waals surface area contributed by atoms with Gasteiger partial charge < -0.3 is 5.32 Å². The highest BCUT2D eigenvalue weighted by Crippen LogP contribution is 2.19. The Hall–Kier alpha value is -0.570. The van der Waals surface area contributed by atoms with Gasteiger partial charge in [0.05, 0.1) is 0 Å². The van der Waals surface area contributed by atoms with Crippen LogP contribution < -0.4 is 5.32 Å². The molecule has 1 unspecified atom stereocenters. The predicted molar refractivity (Wildman–Crippen MR) is 89.3 cm³/mol. The van der Waals surface area contributed by atoms with Gasteiger partial charge in [-0.15, -0.1) is 0 Å². The molecule has 1 atom stereocenters. The van der Waals surface area contributed by atoms with Gasteiger partial charge >= 0.3 is 0 Å². The van der Waals surface area contributed by atoms with Gasteiger partial charge in [0.15, 0.2) is 0 Å². The molecule has 1 N–H and O–H groups in total. The van der Waals surface area contributed by atoms with E-state index >= 15 is 0 Å². The van der Waals surface area contributed by atoms with Gasteiger partial charge in [0.25, 0.3) is 0 Å². The Kier molecular flexibility index (Phi) is 7.57. The van der Waals surface area contributed by atoms with E-state index in [1.54, 1.807) is 0 Å². The summed E-state index contributed by atoms with van der Waals surface area (Å²) in [6.07, 6.45) is 0. The molecule has 0 radical (unpaired) electrons. The second-order valence-corrected chi connectivity index (χ2v) is 6.78. The second kappa shape index (κ2) is 8.66. The minimum absolute atomic E-state index is 0.519. The Bertz CT molecular complexity index is 390. The van der Waals surface area contributed by atoms with Crippen molar-refractivity contribution in [2.45, 2.75) is 40.3 Å². The average Bonchev–Trinajstić information content (AvgIpc) is 2.36. The molecule has 0 aromatic heterocycles. The van der Waals surface area contributed by atoms with Crippen LogP contribution in [0.4, 0.5) is 0 Å². The normalized spacial score (nSPS) is 13.4. The van der Waals surface area contributed by atoms with Gasteiger partial charge in [-0.25, -0.2) is 0 Å². The smallest absolute Gasteiger partial charge is 0.0451 e. The van der Waals surface area contributed by atoms with E-state index < -0.39 is 0 Å². The molecule has 0 spiro atoms. The highest BCUT2D eigenvalue weighted by molar-refractivity contribution is 6.31. The third kappa shape index (κ3) is 5.82. The molecule has 0 aliphatic carbocycles. The van der Waals surface area contributed by atoms with E-state index in [1.165, 1.54) is 5.56 Å². The minimum Gasteiger partial charge on any atom is -0.315 e. The fraction of sp³-hybridized carbons (Fsp3) is 0.647. The lowest BCUT2D eigenvalue weighted by Gasteiger charge is -2.32. The van der Waals surface area contributed by atoms with Gasteiger partial charge in [-0.2, -0.15) is 0 Å². The summed E-state index contributed by atoms with van der Waals surface area (Å²) in [5.41, 5.74) is 1.20. The van der Waals surface area contributed by atoms with E-state index in [-0.39, 0.29) is 0 Å². The maximum atomic E-state index is 6.26. The lowest BCUT2D eigenvalue weighted by Crippen LogP contribution is -2.44. The molecule has 0 heterocycles. The zero-order valence-corrected chi connectivity index (χ0v) is 14.2. The largest absolute Gasteiger partial charge is 0.315 e. The summed E-state index contributed by atoms with van der Waals surface area (Å²) >= 11 is 6.26. The fourth-order valence-electron chi connectivity index (χ4n) is 2.43. The zero-order valence-electron chi connectivity index (χ0n) is 13.5. The number of hydrogen-bond donors (Lipinski definition) is 1. The van der Waals surface area contributed by atoms with E-state index in [2.05, 4.69) is 57.1 Å². The van der Waals surface area contributed by atoms with Crippen molar-refractivity contribution in [1.29, 1.82) is 0 Å². The third-order valence-corrected chi connectivity index (χ3v) is 3.99. The van der Waals surface area contributed by atoms with E-state index in [0.717, 1.165) is 24.7 Å². The molecule has 1 rings (SSSR count). The second-order valence-electron chi connectivity index (χ2n) is 6.37. The molecule has 0 bridgehead atoms. The maximum absolute atomic E-state index is 6.26. The van der Waals surface area contributed by atoms with E-state index in [9.17, 15) is 0 Å². The van der Waals surface area contributed by atoms with E-state index in [1.807, 2.05) is 12.1 Å². The first-order valence-electron chi connectivity index (χ1n) is 7.56. The van der Waals surface area contributed by atoms with Crippen molar-refractivity contribution in [1.82, 2.24) is 10.2 Å². The van der Waals surface area contributed by atoms with Gasteiger partial charge in [0.1, 0.15) is 0 Å². The van der Waals surface area contributed by atoms with Crippen LogP contribution in [0.15, 0.2) is 24.3 Å². The zero-order chi connectivity index (χ0) is 15.1. The summed E-state index contributed by atoms with van der Waals surface area (Å²) in [7, 11) is 2.19. The molecule has 0 fully saturated rings. The SMILES string of the molecule is CC(C)CNCC(C(C)C)N(C)Cc1ccccc1Cl. The van der Waals surface area contributed by atoms with Crippen molar-refractivity contribution in [3.05, 3.63) is 34.9 Å². The van der Waals surface area contributed by atoms with Crippen LogP contribution >= 0.6 is 11.6 Å². The lowest BCUT2D eigenvalue weighted by atomic mass is 10.0. The molecule has 114 valence electrons. The van der Waals surface area contributed by atoms with Crippen molar-refractivity contribution in [3.63, 3.8) is 0 Å². The third-order valence-electron chi connectivity index (χ3n) is 3.62. The molecule has 3 heteroatoms. The van der Waals surface area contributed by atoms with Crippen LogP contribution in [-0.2, 0) is 6.54 Å². The molecule has 0 saturated heterocycles. The van der Waals surface area contributed by atoms with E-state index in [4.69, 9.17) is 11.6 Å². The molecule has 1 aromatic rings. The van der Waals surface area contributed by atoms with Crippen molar-refractivity contribution >= 4 is 11.6 Å². The maximum Gasteiger partial charge on any atom is 0.0451 e. The molecule has 0 aliphatic rings.